The summed E-state index contributed by atoms with van der Waals surface area (Å²) < 4.78 is 10.7. The molecule has 0 aromatic carbocycles. The predicted octanol–water partition coefficient (Wildman–Crippen LogP) is 1.25. The summed E-state index contributed by atoms with van der Waals surface area (Å²) in [5.74, 6) is 1.41. The molecule has 26 heavy (non-hydrogen) atoms. The largest absolute Gasteiger partial charge is 0.480 e. The number of piperidine rings is 1. The second-order valence-corrected chi connectivity index (χ2v) is 6.37. The molecule has 1 atom stereocenters. The molecule has 1 unspecified atom stereocenters. The van der Waals surface area contributed by atoms with Crippen LogP contribution in [-0.2, 0) is 9.59 Å². The van der Waals surface area contributed by atoms with Gasteiger partial charge in [0.1, 0.15) is 12.6 Å². The van der Waals surface area contributed by atoms with Gasteiger partial charge in [0.2, 0.25) is 11.8 Å². The van der Waals surface area contributed by atoms with Crippen molar-refractivity contribution in [2.24, 2.45) is 0 Å². The molecule has 2 aliphatic heterocycles. The molecule has 0 bridgehead atoms. The zero-order valence-corrected chi connectivity index (χ0v) is 14.4. The lowest BCUT2D eigenvalue weighted by Crippen LogP contribution is -2.48. The summed E-state index contributed by atoms with van der Waals surface area (Å²) in [6, 6.07) is 3.21. The van der Waals surface area contributed by atoms with Crippen molar-refractivity contribution < 1.29 is 18.8 Å². The third kappa shape index (κ3) is 3.00. The Hall–Kier alpha value is -2.97. The van der Waals surface area contributed by atoms with Crippen molar-refractivity contribution in [2.45, 2.75) is 32.2 Å². The number of carbonyl (C=O) groups excluding carboxylic acids is 2. The Bertz CT molecular complexity index is 836. The lowest BCUT2D eigenvalue weighted by molar-refractivity contribution is -0.136. The first kappa shape index (κ1) is 16.5. The maximum atomic E-state index is 13.0. The molecular formula is C17H19N5O4. The molecule has 2 aromatic rings. The van der Waals surface area contributed by atoms with Crippen LogP contribution in [-0.4, -0.2) is 51.5 Å². The number of likely N-dealkylation sites (tertiary alicyclic amines) is 1. The lowest BCUT2D eigenvalue weighted by Gasteiger charge is -2.35. The van der Waals surface area contributed by atoms with Gasteiger partial charge in [-0.05, 0) is 38.3 Å². The molecule has 4 rings (SSSR count). The van der Waals surface area contributed by atoms with Crippen LogP contribution in [0.1, 0.15) is 37.0 Å². The summed E-state index contributed by atoms with van der Waals surface area (Å²) in [6.45, 7) is 2.16. The normalized spacial score (nSPS) is 19.9. The quantitative estimate of drug-likeness (QED) is 0.815. The van der Waals surface area contributed by atoms with Gasteiger partial charge in [-0.25, -0.2) is 4.98 Å². The second-order valence-electron chi connectivity index (χ2n) is 6.37. The fourth-order valence-corrected chi connectivity index (χ4v) is 3.36. The van der Waals surface area contributed by atoms with Gasteiger partial charge < -0.3 is 14.2 Å². The van der Waals surface area contributed by atoms with E-state index in [0.29, 0.717) is 29.8 Å². The van der Waals surface area contributed by atoms with Crippen molar-refractivity contribution in [1.29, 1.82) is 0 Å². The van der Waals surface area contributed by atoms with Crippen LogP contribution in [0.3, 0.4) is 0 Å². The molecular weight excluding hydrogens is 338 g/mol. The van der Waals surface area contributed by atoms with Gasteiger partial charge in [-0.2, -0.15) is 4.98 Å². The van der Waals surface area contributed by atoms with Gasteiger partial charge in [0.25, 0.3) is 5.91 Å². The highest BCUT2D eigenvalue weighted by Crippen LogP contribution is 2.32. The van der Waals surface area contributed by atoms with Crippen LogP contribution in [0.15, 0.2) is 22.9 Å². The number of rotatable bonds is 3. The highest BCUT2D eigenvalue weighted by molar-refractivity contribution is 6.01. The van der Waals surface area contributed by atoms with E-state index < -0.39 is 0 Å². The molecule has 4 heterocycles. The van der Waals surface area contributed by atoms with E-state index in [2.05, 4.69) is 15.1 Å². The van der Waals surface area contributed by atoms with Crippen molar-refractivity contribution in [1.82, 2.24) is 20.0 Å². The standard InChI is InChI=1S/C17H19N5O4/c1-11-19-17(26-20-11)12-5-2-3-8-21(12)14(23)9-22-15(24)10-25-13-6-4-7-18-16(13)22/h4,6-7,12H,2-3,5,8-10H2,1H3. The van der Waals surface area contributed by atoms with E-state index in [-0.39, 0.29) is 31.0 Å². The van der Waals surface area contributed by atoms with Gasteiger partial charge in [0.05, 0.1) is 0 Å². The molecule has 0 radical (unpaired) electrons. The summed E-state index contributed by atoms with van der Waals surface area (Å²) in [4.78, 5) is 36.8. The number of ether oxygens (including phenoxy) is 1. The number of amides is 2. The van der Waals surface area contributed by atoms with Crippen LogP contribution in [0.25, 0.3) is 0 Å². The Morgan fingerprint density at radius 3 is 3.08 bits per heavy atom. The number of aryl methyl sites for hydroxylation is 1. The van der Waals surface area contributed by atoms with E-state index in [1.807, 2.05) is 0 Å². The second kappa shape index (κ2) is 6.74. The van der Waals surface area contributed by atoms with Gasteiger partial charge in [-0.3, -0.25) is 14.5 Å². The third-order valence-electron chi connectivity index (χ3n) is 4.60. The monoisotopic (exact) mass is 357 g/mol. The molecule has 1 saturated heterocycles. The SMILES string of the molecule is Cc1noc(C2CCCCN2C(=O)CN2C(=O)COc3cccnc32)n1. The molecule has 1 fully saturated rings. The summed E-state index contributed by atoms with van der Waals surface area (Å²) >= 11 is 0. The Morgan fingerprint density at radius 2 is 2.27 bits per heavy atom. The molecule has 9 heteroatoms. The van der Waals surface area contributed by atoms with Crippen molar-refractivity contribution in [3.63, 3.8) is 0 Å². The Morgan fingerprint density at radius 1 is 1.38 bits per heavy atom. The van der Waals surface area contributed by atoms with Crippen LogP contribution in [0, 0.1) is 6.92 Å². The molecule has 2 aromatic heterocycles. The van der Waals surface area contributed by atoms with E-state index in [9.17, 15) is 9.59 Å². The molecule has 136 valence electrons. The highest BCUT2D eigenvalue weighted by atomic mass is 16.5. The average Bonchev–Trinajstić information content (AvgIpc) is 3.10. The van der Waals surface area contributed by atoms with E-state index in [4.69, 9.17) is 9.26 Å². The first-order chi connectivity index (χ1) is 12.6. The van der Waals surface area contributed by atoms with Crippen molar-refractivity contribution in [3.8, 4) is 5.75 Å². The van der Waals surface area contributed by atoms with Crippen molar-refractivity contribution >= 4 is 17.6 Å². The number of anilines is 1. The minimum atomic E-state index is -0.285. The zero-order valence-electron chi connectivity index (χ0n) is 14.4. The van der Waals surface area contributed by atoms with Gasteiger partial charge in [-0.1, -0.05) is 5.16 Å². The summed E-state index contributed by atoms with van der Waals surface area (Å²) in [6.07, 6.45) is 4.22. The summed E-state index contributed by atoms with van der Waals surface area (Å²) in [5, 5.41) is 3.83. The first-order valence-corrected chi connectivity index (χ1v) is 8.61. The Balaban J connectivity index is 1.56. The number of aromatic nitrogens is 3. The molecule has 9 nitrogen and oxygen atoms in total. The van der Waals surface area contributed by atoms with Gasteiger partial charge >= 0.3 is 0 Å². The minimum Gasteiger partial charge on any atom is -0.480 e. The molecule has 0 saturated carbocycles. The predicted molar refractivity (Wildman–Crippen MR) is 89.4 cm³/mol. The van der Waals surface area contributed by atoms with E-state index in [1.165, 1.54) is 4.90 Å². The van der Waals surface area contributed by atoms with Crippen LogP contribution < -0.4 is 9.64 Å². The number of carbonyl (C=O) groups is 2. The van der Waals surface area contributed by atoms with E-state index in [1.54, 1.807) is 30.2 Å². The van der Waals surface area contributed by atoms with E-state index in [0.717, 1.165) is 19.3 Å². The fraction of sp³-hybridized carbons (Fsp3) is 0.471. The number of pyridine rings is 1. The highest BCUT2D eigenvalue weighted by Gasteiger charge is 2.35. The minimum absolute atomic E-state index is 0.0875. The maximum absolute atomic E-state index is 13.0. The number of hydrogen-bond acceptors (Lipinski definition) is 7. The molecule has 2 aliphatic rings. The van der Waals surface area contributed by atoms with Crippen molar-refractivity contribution in [3.05, 3.63) is 30.0 Å². The zero-order chi connectivity index (χ0) is 18.1. The molecule has 2 amide bonds. The van der Waals surface area contributed by atoms with Gasteiger partial charge in [0.15, 0.2) is 24.0 Å². The summed E-state index contributed by atoms with van der Waals surface area (Å²) in [5.41, 5.74) is 0. The first-order valence-electron chi connectivity index (χ1n) is 8.61. The molecule has 0 spiro atoms. The maximum Gasteiger partial charge on any atom is 0.266 e. The Kier molecular flexibility index (Phi) is 4.27. The van der Waals surface area contributed by atoms with Gasteiger partial charge in [0, 0.05) is 12.7 Å². The van der Waals surface area contributed by atoms with Crippen LogP contribution in [0.5, 0.6) is 5.75 Å². The molecule has 0 aliphatic carbocycles. The van der Waals surface area contributed by atoms with Gasteiger partial charge in [-0.15, -0.1) is 0 Å². The fourth-order valence-electron chi connectivity index (χ4n) is 3.36. The number of nitrogens with zero attached hydrogens (tertiary/aromatic N) is 5. The van der Waals surface area contributed by atoms with Crippen molar-refractivity contribution in [2.75, 3.05) is 24.6 Å². The smallest absolute Gasteiger partial charge is 0.266 e. The molecule has 0 N–H and O–H groups in total. The number of fused-ring (bicyclic) bond motifs is 1. The van der Waals surface area contributed by atoms with Crippen LogP contribution in [0.2, 0.25) is 0 Å². The topological polar surface area (TPSA) is 102 Å². The van der Waals surface area contributed by atoms with Crippen LogP contribution >= 0.6 is 0 Å². The summed E-state index contributed by atoms with van der Waals surface area (Å²) in [7, 11) is 0. The third-order valence-corrected chi connectivity index (χ3v) is 4.60. The average molecular weight is 357 g/mol. The van der Waals surface area contributed by atoms with E-state index >= 15 is 0 Å². The lowest BCUT2D eigenvalue weighted by atomic mass is 10.0. The van der Waals surface area contributed by atoms with Crippen LogP contribution in [0.4, 0.5) is 5.82 Å². The number of hydrogen-bond donors (Lipinski definition) is 0. The Labute approximate surface area is 149 Å².